The Labute approximate surface area is 83.0 Å². The molecule has 1 unspecified atom stereocenters. The van der Waals surface area contributed by atoms with E-state index in [2.05, 4.69) is 0 Å². The van der Waals surface area contributed by atoms with Gasteiger partial charge in [-0.3, -0.25) is 0 Å². The molecule has 0 aromatic heterocycles. The molecular formula is C11H14O3. The Morgan fingerprint density at radius 3 is 2.07 bits per heavy atom. The molecule has 1 aromatic carbocycles. The molecular weight excluding hydrogens is 180 g/mol. The Kier molecular flexibility index (Phi) is 3.25. The molecule has 0 aliphatic carbocycles. The molecule has 0 bridgehead atoms. The van der Waals surface area contributed by atoms with Crippen molar-refractivity contribution >= 4 is 5.97 Å². The van der Waals surface area contributed by atoms with Crippen LogP contribution in [0.4, 0.5) is 0 Å². The minimum atomic E-state index is -0.949. The predicted octanol–water partition coefficient (Wildman–Crippen LogP) is 2.07. The van der Waals surface area contributed by atoms with Gasteiger partial charge in [-0.15, -0.1) is 0 Å². The normalized spacial score (nSPS) is 12.9. The summed E-state index contributed by atoms with van der Waals surface area (Å²) < 4.78 is 0. The number of hydrogen-bond acceptors (Lipinski definition) is 2. The maximum absolute atomic E-state index is 10.6. The van der Waals surface area contributed by atoms with E-state index in [-0.39, 0.29) is 11.5 Å². The first-order chi connectivity index (χ1) is 6.52. The summed E-state index contributed by atoms with van der Waals surface area (Å²) in [6.07, 6.45) is -0.530. The van der Waals surface area contributed by atoms with E-state index in [0.717, 1.165) is 5.56 Å². The van der Waals surface area contributed by atoms with Crippen LogP contribution >= 0.6 is 0 Å². The van der Waals surface area contributed by atoms with Crippen molar-refractivity contribution in [3.8, 4) is 0 Å². The van der Waals surface area contributed by atoms with Crippen LogP contribution in [0.3, 0.4) is 0 Å². The fourth-order valence-corrected chi connectivity index (χ4v) is 1.21. The van der Waals surface area contributed by atoms with Gasteiger partial charge in [0.05, 0.1) is 11.7 Å². The number of hydrogen-bond donors (Lipinski definition) is 2. The Balaban J connectivity index is 2.88. The maximum Gasteiger partial charge on any atom is 0.335 e. The van der Waals surface area contributed by atoms with Gasteiger partial charge in [-0.2, -0.15) is 0 Å². The largest absolute Gasteiger partial charge is 0.478 e. The molecule has 0 aliphatic rings. The molecule has 14 heavy (non-hydrogen) atoms. The molecule has 0 amide bonds. The minimum Gasteiger partial charge on any atom is -0.478 e. The van der Waals surface area contributed by atoms with Crippen LogP contribution in [-0.2, 0) is 0 Å². The molecule has 0 aliphatic heterocycles. The summed E-state index contributed by atoms with van der Waals surface area (Å²) in [4.78, 5) is 10.6. The van der Waals surface area contributed by atoms with Gasteiger partial charge in [-0.25, -0.2) is 4.79 Å². The van der Waals surface area contributed by atoms with Crippen LogP contribution in [0.25, 0.3) is 0 Å². The molecule has 0 spiro atoms. The van der Waals surface area contributed by atoms with Gasteiger partial charge < -0.3 is 10.2 Å². The second kappa shape index (κ2) is 4.24. The second-order valence-electron chi connectivity index (χ2n) is 3.62. The van der Waals surface area contributed by atoms with Crippen molar-refractivity contribution in [2.24, 2.45) is 5.92 Å². The van der Waals surface area contributed by atoms with Crippen molar-refractivity contribution in [2.75, 3.05) is 0 Å². The van der Waals surface area contributed by atoms with Crippen molar-refractivity contribution in [1.29, 1.82) is 0 Å². The molecule has 1 atom stereocenters. The lowest BCUT2D eigenvalue weighted by molar-refractivity contribution is 0.0696. The first-order valence-corrected chi connectivity index (χ1v) is 4.53. The molecule has 1 rings (SSSR count). The number of aromatic carboxylic acids is 1. The van der Waals surface area contributed by atoms with E-state index >= 15 is 0 Å². The Bertz CT molecular complexity index is 314. The zero-order chi connectivity index (χ0) is 10.7. The van der Waals surface area contributed by atoms with Gasteiger partial charge in [0.1, 0.15) is 0 Å². The number of rotatable bonds is 3. The Morgan fingerprint density at radius 2 is 1.71 bits per heavy atom. The standard InChI is InChI=1S/C11H14O3/c1-7(2)10(12)8-3-5-9(6-4-8)11(13)14/h3-7,10,12H,1-2H3,(H,13,14). The van der Waals surface area contributed by atoms with E-state index in [1.807, 2.05) is 13.8 Å². The number of carbonyl (C=O) groups is 1. The highest BCUT2D eigenvalue weighted by atomic mass is 16.4. The monoisotopic (exact) mass is 194 g/mol. The first kappa shape index (κ1) is 10.7. The summed E-state index contributed by atoms with van der Waals surface area (Å²) in [7, 11) is 0. The number of aliphatic hydroxyl groups is 1. The lowest BCUT2D eigenvalue weighted by Crippen LogP contribution is -2.05. The third-order valence-electron chi connectivity index (χ3n) is 2.13. The number of benzene rings is 1. The summed E-state index contributed by atoms with van der Waals surface area (Å²) in [5, 5.41) is 18.3. The van der Waals surface area contributed by atoms with Gasteiger partial charge >= 0.3 is 5.97 Å². The summed E-state index contributed by atoms with van der Waals surface area (Å²) in [6.45, 7) is 3.82. The van der Waals surface area contributed by atoms with Gasteiger partial charge in [-0.1, -0.05) is 26.0 Å². The third kappa shape index (κ3) is 2.33. The topological polar surface area (TPSA) is 57.5 Å². The Hall–Kier alpha value is -1.35. The Morgan fingerprint density at radius 1 is 1.21 bits per heavy atom. The van der Waals surface area contributed by atoms with Crippen LogP contribution in [0.1, 0.15) is 35.9 Å². The molecule has 0 fully saturated rings. The molecule has 0 heterocycles. The summed E-state index contributed by atoms with van der Waals surface area (Å²) in [5.74, 6) is -0.818. The lowest BCUT2D eigenvalue weighted by atomic mass is 9.98. The SMILES string of the molecule is CC(C)C(O)c1ccc(C(=O)O)cc1. The zero-order valence-electron chi connectivity index (χ0n) is 8.27. The molecule has 2 N–H and O–H groups in total. The van der Waals surface area contributed by atoms with Crippen LogP contribution in [0.15, 0.2) is 24.3 Å². The van der Waals surface area contributed by atoms with Crippen LogP contribution in [0.2, 0.25) is 0 Å². The number of carboxylic acids is 1. The second-order valence-corrected chi connectivity index (χ2v) is 3.62. The highest BCUT2D eigenvalue weighted by Gasteiger charge is 2.12. The summed E-state index contributed by atoms with van der Waals surface area (Å²) in [6, 6.07) is 6.30. The fraction of sp³-hybridized carbons (Fsp3) is 0.364. The van der Waals surface area contributed by atoms with E-state index in [4.69, 9.17) is 5.11 Å². The zero-order valence-corrected chi connectivity index (χ0v) is 8.27. The van der Waals surface area contributed by atoms with Crippen molar-refractivity contribution in [3.63, 3.8) is 0 Å². The van der Waals surface area contributed by atoms with Crippen LogP contribution in [0.5, 0.6) is 0 Å². The van der Waals surface area contributed by atoms with E-state index in [1.165, 1.54) is 12.1 Å². The van der Waals surface area contributed by atoms with Crippen molar-refractivity contribution in [1.82, 2.24) is 0 Å². The molecule has 1 aromatic rings. The fourth-order valence-electron chi connectivity index (χ4n) is 1.21. The molecule has 3 heteroatoms. The molecule has 0 saturated carbocycles. The third-order valence-corrected chi connectivity index (χ3v) is 2.13. The first-order valence-electron chi connectivity index (χ1n) is 4.53. The summed E-state index contributed by atoms with van der Waals surface area (Å²) >= 11 is 0. The molecule has 0 radical (unpaired) electrons. The van der Waals surface area contributed by atoms with Gasteiger partial charge in [0.2, 0.25) is 0 Å². The lowest BCUT2D eigenvalue weighted by Gasteiger charge is -2.14. The molecule has 0 saturated heterocycles. The van der Waals surface area contributed by atoms with E-state index in [0.29, 0.717) is 0 Å². The smallest absolute Gasteiger partial charge is 0.335 e. The van der Waals surface area contributed by atoms with E-state index in [1.54, 1.807) is 12.1 Å². The minimum absolute atomic E-state index is 0.130. The molecule has 76 valence electrons. The van der Waals surface area contributed by atoms with Crippen LogP contribution in [0, 0.1) is 5.92 Å². The number of carboxylic acid groups (broad SMARTS) is 1. The van der Waals surface area contributed by atoms with Gasteiger partial charge in [0.15, 0.2) is 0 Å². The van der Waals surface area contributed by atoms with Gasteiger partial charge in [0.25, 0.3) is 0 Å². The maximum atomic E-state index is 10.6. The summed E-state index contributed by atoms with van der Waals surface area (Å²) in [5.41, 5.74) is 0.995. The van der Waals surface area contributed by atoms with Crippen molar-refractivity contribution in [2.45, 2.75) is 20.0 Å². The number of aliphatic hydroxyl groups excluding tert-OH is 1. The van der Waals surface area contributed by atoms with Crippen LogP contribution in [-0.4, -0.2) is 16.2 Å². The van der Waals surface area contributed by atoms with Crippen molar-refractivity contribution < 1.29 is 15.0 Å². The average molecular weight is 194 g/mol. The van der Waals surface area contributed by atoms with Gasteiger partial charge in [0, 0.05) is 0 Å². The average Bonchev–Trinajstić information content (AvgIpc) is 2.16. The predicted molar refractivity (Wildman–Crippen MR) is 53.2 cm³/mol. The van der Waals surface area contributed by atoms with E-state index in [9.17, 15) is 9.90 Å². The highest BCUT2D eigenvalue weighted by molar-refractivity contribution is 5.87. The van der Waals surface area contributed by atoms with Crippen molar-refractivity contribution in [3.05, 3.63) is 35.4 Å². The van der Waals surface area contributed by atoms with Crippen LogP contribution < -0.4 is 0 Å². The molecule has 3 nitrogen and oxygen atoms in total. The van der Waals surface area contributed by atoms with Gasteiger partial charge in [-0.05, 0) is 23.6 Å². The highest BCUT2D eigenvalue weighted by Crippen LogP contribution is 2.21. The van der Waals surface area contributed by atoms with E-state index < -0.39 is 12.1 Å². The quantitative estimate of drug-likeness (QED) is 0.774.